The minimum Gasteiger partial charge on any atom is -0.345 e. The van der Waals surface area contributed by atoms with Crippen LogP contribution in [0.1, 0.15) is 23.8 Å². The molecule has 0 bridgehead atoms. The topological polar surface area (TPSA) is 91.9 Å². The van der Waals surface area contributed by atoms with E-state index in [1.54, 1.807) is 13.0 Å². The number of nitrogens with one attached hydrogen (secondary N) is 2. The van der Waals surface area contributed by atoms with Crippen LogP contribution in [-0.4, -0.2) is 41.6 Å². The van der Waals surface area contributed by atoms with Crippen molar-refractivity contribution in [3.8, 4) is 11.3 Å². The molecule has 1 amide bonds. The number of sulfone groups is 1. The van der Waals surface area contributed by atoms with Crippen LogP contribution in [0.3, 0.4) is 0 Å². The van der Waals surface area contributed by atoms with Gasteiger partial charge in [0.15, 0.2) is 9.84 Å². The summed E-state index contributed by atoms with van der Waals surface area (Å²) in [4.78, 5) is 12.3. The van der Waals surface area contributed by atoms with Gasteiger partial charge < -0.3 is 5.32 Å². The second kappa shape index (κ2) is 5.24. The van der Waals surface area contributed by atoms with Gasteiger partial charge in [0, 0.05) is 5.56 Å². The highest BCUT2D eigenvalue weighted by atomic mass is 32.2. The van der Waals surface area contributed by atoms with E-state index in [2.05, 4.69) is 15.5 Å². The summed E-state index contributed by atoms with van der Waals surface area (Å²) in [5.41, 5.74) is 1.19. The molecule has 6 nitrogen and oxygen atoms in total. The lowest BCUT2D eigenvalue weighted by atomic mass is 10.0. The number of benzene rings is 1. The highest BCUT2D eigenvalue weighted by Gasteiger charge is 2.39. The number of nitrogens with zero attached hydrogens (tertiary/aromatic N) is 1. The van der Waals surface area contributed by atoms with Gasteiger partial charge in [-0.2, -0.15) is 5.10 Å². The standard InChI is InChI=1S/C15H17N3O3S/c1-15(7-8-22(20,21)10-15)16-14(19)13-9-12(17-18-13)11-5-3-2-4-6-11/h2-6,9H,7-8,10H2,1H3,(H,16,19)(H,17,18). The zero-order valence-electron chi connectivity index (χ0n) is 12.2. The number of hydrogen-bond acceptors (Lipinski definition) is 4. The lowest BCUT2D eigenvalue weighted by Gasteiger charge is -2.23. The highest BCUT2D eigenvalue weighted by Crippen LogP contribution is 2.23. The van der Waals surface area contributed by atoms with Crippen LogP contribution in [0.25, 0.3) is 11.3 Å². The average Bonchev–Trinajstić information content (AvgIpc) is 3.05. The number of hydrogen-bond donors (Lipinski definition) is 2. The maximum atomic E-state index is 12.3. The molecule has 1 atom stereocenters. The van der Waals surface area contributed by atoms with Crippen LogP contribution in [-0.2, 0) is 9.84 Å². The van der Waals surface area contributed by atoms with E-state index in [1.165, 1.54) is 0 Å². The molecule has 0 radical (unpaired) electrons. The zero-order chi connectivity index (χ0) is 15.8. The van der Waals surface area contributed by atoms with E-state index in [-0.39, 0.29) is 17.4 Å². The summed E-state index contributed by atoms with van der Waals surface area (Å²) in [5.74, 6) is -0.248. The lowest BCUT2D eigenvalue weighted by molar-refractivity contribution is 0.0910. The van der Waals surface area contributed by atoms with Crippen molar-refractivity contribution in [2.45, 2.75) is 18.9 Å². The largest absolute Gasteiger partial charge is 0.345 e. The molecule has 2 aromatic rings. The number of rotatable bonds is 3. The number of carbonyl (C=O) groups excluding carboxylic acids is 1. The molecule has 1 aromatic carbocycles. The van der Waals surface area contributed by atoms with Crippen LogP contribution in [0, 0.1) is 0 Å². The number of aromatic nitrogens is 2. The fourth-order valence-electron chi connectivity index (χ4n) is 2.65. The summed E-state index contributed by atoms with van der Waals surface area (Å²) in [6, 6.07) is 11.2. The maximum absolute atomic E-state index is 12.3. The van der Waals surface area contributed by atoms with Crippen molar-refractivity contribution in [2.75, 3.05) is 11.5 Å². The Morgan fingerprint density at radius 2 is 2.05 bits per heavy atom. The highest BCUT2D eigenvalue weighted by molar-refractivity contribution is 7.91. The molecular formula is C15H17N3O3S. The minimum absolute atomic E-state index is 0.0224. The van der Waals surface area contributed by atoms with E-state index >= 15 is 0 Å². The van der Waals surface area contributed by atoms with Crippen LogP contribution >= 0.6 is 0 Å². The molecular weight excluding hydrogens is 302 g/mol. The van der Waals surface area contributed by atoms with Gasteiger partial charge in [-0.15, -0.1) is 0 Å². The van der Waals surface area contributed by atoms with Crippen LogP contribution in [0.4, 0.5) is 0 Å². The van der Waals surface area contributed by atoms with Crippen LogP contribution in [0.5, 0.6) is 0 Å². The Morgan fingerprint density at radius 1 is 1.32 bits per heavy atom. The molecule has 1 fully saturated rings. The Labute approximate surface area is 128 Å². The quantitative estimate of drug-likeness (QED) is 0.894. The predicted octanol–water partition coefficient (Wildman–Crippen LogP) is 1.38. The summed E-state index contributed by atoms with van der Waals surface area (Å²) in [6.07, 6.45) is 0.431. The molecule has 116 valence electrons. The molecule has 7 heteroatoms. The first-order valence-corrected chi connectivity index (χ1v) is 8.83. The third-order valence-corrected chi connectivity index (χ3v) is 5.71. The van der Waals surface area contributed by atoms with Gasteiger partial charge in [0.05, 0.1) is 22.7 Å². The van der Waals surface area contributed by atoms with Crippen LogP contribution in [0.15, 0.2) is 36.4 Å². The number of H-pyrrole nitrogens is 1. The fourth-order valence-corrected chi connectivity index (χ4v) is 4.74. The Morgan fingerprint density at radius 3 is 2.68 bits per heavy atom. The molecule has 1 saturated heterocycles. The second-order valence-electron chi connectivity index (χ2n) is 5.89. The van der Waals surface area contributed by atoms with E-state index in [0.29, 0.717) is 17.8 Å². The first-order valence-electron chi connectivity index (χ1n) is 7.01. The first-order chi connectivity index (χ1) is 10.4. The molecule has 1 aliphatic rings. The number of amides is 1. The Bertz CT molecular complexity index is 798. The van der Waals surface area contributed by atoms with Gasteiger partial charge >= 0.3 is 0 Å². The second-order valence-corrected chi connectivity index (χ2v) is 8.07. The Kier molecular flexibility index (Phi) is 3.52. The molecule has 1 aliphatic heterocycles. The zero-order valence-corrected chi connectivity index (χ0v) is 13.0. The van der Waals surface area contributed by atoms with Crippen molar-refractivity contribution < 1.29 is 13.2 Å². The molecule has 0 aliphatic carbocycles. The summed E-state index contributed by atoms with van der Waals surface area (Å²) >= 11 is 0. The summed E-state index contributed by atoms with van der Waals surface area (Å²) in [6.45, 7) is 1.75. The molecule has 2 N–H and O–H groups in total. The van der Waals surface area contributed by atoms with Gasteiger partial charge in [0.2, 0.25) is 0 Å². The molecule has 2 heterocycles. The van der Waals surface area contributed by atoms with Crippen molar-refractivity contribution in [1.29, 1.82) is 0 Å². The summed E-state index contributed by atoms with van der Waals surface area (Å²) in [5, 5.41) is 9.64. The fraction of sp³-hybridized carbons (Fsp3) is 0.333. The third-order valence-electron chi connectivity index (χ3n) is 3.81. The van der Waals surface area contributed by atoms with Crippen molar-refractivity contribution in [2.24, 2.45) is 0 Å². The van der Waals surface area contributed by atoms with Gasteiger partial charge in [-0.1, -0.05) is 30.3 Å². The van der Waals surface area contributed by atoms with Gasteiger partial charge in [-0.3, -0.25) is 9.89 Å². The molecule has 1 unspecified atom stereocenters. The molecule has 0 saturated carbocycles. The van der Waals surface area contributed by atoms with E-state index in [0.717, 1.165) is 5.56 Å². The van der Waals surface area contributed by atoms with Gasteiger partial charge in [0.1, 0.15) is 5.69 Å². The average molecular weight is 319 g/mol. The minimum atomic E-state index is -3.06. The predicted molar refractivity (Wildman–Crippen MR) is 83.2 cm³/mol. The smallest absolute Gasteiger partial charge is 0.269 e. The van der Waals surface area contributed by atoms with Gasteiger partial charge in [0.25, 0.3) is 5.91 Å². The SMILES string of the molecule is CC1(NC(=O)c2cc(-c3ccccc3)n[nH]2)CCS(=O)(=O)C1. The van der Waals surface area contributed by atoms with Crippen molar-refractivity contribution in [3.63, 3.8) is 0 Å². The van der Waals surface area contributed by atoms with Gasteiger partial charge in [-0.05, 0) is 19.4 Å². The molecule has 1 aromatic heterocycles. The summed E-state index contributed by atoms with van der Waals surface area (Å²) < 4.78 is 23.2. The monoisotopic (exact) mass is 319 g/mol. The first kappa shape index (κ1) is 14.8. The number of carbonyl (C=O) groups is 1. The van der Waals surface area contributed by atoms with E-state index < -0.39 is 15.4 Å². The maximum Gasteiger partial charge on any atom is 0.269 e. The number of aromatic amines is 1. The Hall–Kier alpha value is -2.15. The van der Waals surface area contributed by atoms with Crippen molar-refractivity contribution in [1.82, 2.24) is 15.5 Å². The van der Waals surface area contributed by atoms with E-state index in [1.807, 2.05) is 30.3 Å². The van der Waals surface area contributed by atoms with Crippen molar-refractivity contribution in [3.05, 3.63) is 42.1 Å². The molecule has 22 heavy (non-hydrogen) atoms. The van der Waals surface area contributed by atoms with E-state index in [9.17, 15) is 13.2 Å². The molecule has 0 spiro atoms. The van der Waals surface area contributed by atoms with Crippen molar-refractivity contribution >= 4 is 15.7 Å². The summed E-state index contributed by atoms with van der Waals surface area (Å²) in [7, 11) is -3.06. The lowest BCUT2D eigenvalue weighted by Crippen LogP contribution is -2.47. The normalized spacial score (nSPS) is 23.3. The van der Waals surface area contributed by atoms with Crippen LogP contribution in [0.2, 0.25) is 0 Å². The van der Waals surface area contributed by atoms with Crippen LogP contribution < -0.4 is 5.32 Å². The van der Waals surface area contributed by atoms with Gasteiger partial charge in [-0.25, -0.2) is 8.42 Å². The molecule has 3 rings (SSSR count). The third kappa shape index (κ3) is 3.04. The Balaban J connectivity index is 1.75. The van der Waals surface area contributed by atoms with E-state index in [4.69, 9.17) is 0 Å².